The summed E-state index contributed by atoms with van der Waals surface area (Å²) in [5, 5.41) is 3.76. The SMILES string of the molecule is CN(C)C(=O)CN1CCC(NCC2CCSCC2)CC1. The van der Waals surface area contributed by atoms with Crippen LogP contribution in [0.15, 0.2) is 0 Å². The van der Waals surface area contributed by atoms with E-state index in [2.05, 4.69) is 22.0 Å². The predicted octanol–water partition coefficient (Wildman–Crippen LogP) is 1.27. The summed E-state index contributed by atoms with van der Waals surface area (Å²) in [6.07, 6.45) is 5.13. The molecule has 4 nitrogen and oxygen atoms in total. The Kier molecular flexibility index (Phi) is 6.65. The van der Waals surface area contributed by atoms with Crippen molar-refractivity contribution >= 4 is 17.7 Å². The van der Waals surface area contributed by atoms with Gasteiger partial charge in [0, 0.05) is 33.2 Å². The number of likely N-dealkylation sites (N-methyl/N-ethyl adjacent to an activating group) is 1. The van der Waals surface area contributed by atoms with E-state index in [0.29, 0.717) is 12.6 Å². The number of carbonyl (C=O) groups is 1. The molecule has 2 aliphatic heterocycles. The highest BCUT2D eigenvalue weighted by Crippen LogP contribution is 2.22. The van der Waals surface area contributed by atoms with Crippen LogP contribution in [0.2, 0.25) is 0 Å². The highest BCUT2D eigenvalue weighted by molar-refractivity contribution is 7.99. The summed E-state index contributed by atoms with van der Waals surface area (Å²) in [7, 11) is 3.66. The van der Waals surface area contributed by atoms with Crippen molar-refractivity contribution in [3.8, 4) is 0 Å². The molecule has 116 valence electrons. The Labute approximate surface area is 127 Å². The van der Waals surface area contributed by atoms with Gasteiger partial charge in [0.25, 0.3) is 0 Å². The van der Waals surface area contributed by atoms with E-state index in [1.54, 1.807) is 4.90 Å². The summed E-state index contributed by atoms with van der Waals surface area (Å²) in [5.74, 6) is 3.80. The van der Waals surface area contributed by atoms with Gasteiger partial charge in [0.05, 0.1) is 6.54 Å². The number of nitrogens with zero attached hydrogens (tertiary/aromatic N) is 2. The first-order valence-corrected chi connectivity index (χ1v) is 9.04. The Bertz CT molecular complexity index is 297. The molecule has 0 aromatic heterocycles. The third-order valence-corrected chi connectivity index (χ3v) is 5.53. The summed E-state index contributed by atoms with van der Waals surface area (Å²) < 4.78 is 0. The van der Waals surface area contributed by atoms with Crippen LogP contribution < -0.4 is 5.32 Å². The van der Waals surface area contributed by atoms with Crippen molar-refractivity contribution in [3.05, 3.63) is 0 Å². The first-order valence-electron chi connectivity index (χ1n) is 7.89. The number of likely N-dealkylation sites (tertiary alicyclic amines) is 1. The Balaban J connectivity index is 1.60. The number of thioether (sulfide) groups is 1. The minimum atomic E-state index is 0.219. The van der Waals surface area contributed by atoms with E-state index in [0.717, 1.165) is 19.0 Å². The van der Waals surface area contributed by atoms with E-state index in [-0.39, 0.29) is 5.91 Å². The second-order valence-electron chi connectivity index (χ2n) is 6.30. The van der Waals surface area contributed by atoms with E-state index < -0.39 is 0 Å². The zero-order chi connectivity index (χ0) is 14.4. The van der Waals surface area contributed by atoms with Crippen LogP contribution in [0.5, 0.6) is 0 Å². The largest absolute Gasteiger partial charge is 0.348 e. The molecule has 0 spiro atoms. The van der Waals surface area contributed by atoms with Gasteiger partial charge in [-0.1, -0.05) is 0 Å². The van der Waals surface area contributed by atoms with Crippen molar-refractivity contribution in [2.45, 2.75) is 31.7 Å². The molecule has 0 saturated carbocycles. The Morgan fingerprint density at radius 3 is 2.45 bits per heavy atom. The molecule has 2 rings (SSSR count). The van der Waals surface area contributed by atoms with Gasteiger partial charge in [-0.2, -0.15) is 11.8 Å². The molecule has 2 heterocycles. The number of rotatable bonds is 5. The van der Waals surface area contributed by atoms with Crippen LogP contribution in [-0.4, -0.2) is 73.5 Å². The normalized spacial score (nSPS) is 22.9. The van der Waals surface area contributed by atoms with Gasteiger partial charge < -0.3 is 10.2 Å². The van der Waals surface area contributed by atoms with Crippen LogP contribution in [0.1, 0.15) is 25.7 Å². The predicted molar refractivity (Wildman–Crippen MR) is 86.2 cm³/mol. The van der Waals surface area contributed by atoms with Crippen LogP contribution in [0.25, 0.3) is 0 Å². The number of carbonyl (C=O) groups excluding carboxylic acids is 1. The summed E-state index contributed by atoms with van der Waals surface area (Å²) in [4.78, 5) is 15.7. The van der Waals surface area contributed by atoms with E-state index in [4.69, 9.17) is 0 Å². The topological polar surface area (TPSA) is 35.6 Å². The van der Waals surface area contributed by atoms with Crippen molar-refractivity contribution < 1.29 is 4.79 Å². The zero-order valence-corrected chi connectivity index (χ0v) is 13.8. The maximum atomic E-state index is 11.7. The molecule has 2 saturated heterocycles. The lowest BCUT2D eigenvalue weighted by atomic mass is 10.00. The van der Waals surface area contributed by atoms with Crippen molar-refractivity contribution in [3.63, 3.8) is 0 Å². The van der Waals surface area contributed by atoms with Gasteiger partial charge in [0.2, 0.25) is 5.91 Å². The van der Waals surface area contributed by atoms with Gasteiger partial charge in [-0.05, 0) is 49.7 Å². The average molecular weight is 299 g/mol. The van der Waals surface area contributed by atoms with Crippen LogP contribution in [0.4, 0.5) is 0 Å². The van der Waals surface area contributed by atoms with Crippen LogP contribution >= 0.6 is 11.8 Å². The van der Waals surface area contributed by atoms with E-state index in [9.17, 15) is 4.79 Å². The monoisotopic (exact) mass is 299 g/mol. The molecular weight excluding hydrogens is 270 g/mol. The summed E-state index contributed by atoms with van der Waals surface area (Å²) >= 11 is 2.10. The van der Waals surface area contributed by atoms with Gasteiger partial charge in [-0.15, -0.1) is 0 Å². The molecule has 2 fully saturated rings. The quantitative estimate of drug-likeness (QED) is 0.829. The van der Waals surface area contributed by atoms with Gasteiger partial charge in [0.15, 0.2) is 0 Å². The third kappa shape index (κ3) is 5.26. The molecule has 1 N–H and O–H groups in total. The Hall–Kier alpha value is -0.260. The molecule has 0 bridgehead atoms. The zero-order valence-electron chi connectivity index (χ0n) is 12.9. The first kappa shape index (κ1) is 16.1. The smallest absolute Gasteiger partial charge is 0.236 e. The molecule has 2 aliphatic rings. The molecule has 5 heteroatoms. The van der Waals surface area contributed by atoms with Gasteiger partial charge >= 0.3 is 0 Å². The number of piperidine rings is 1. The van der Waals surface area contributed by atoms with Crippen molar-refractivity contribution in [1.82, 2.24) is 15.1 Å². The first-order chi connectivity index (χ1) is 9.65. The molecule has 0 radical (unpaired) electrons. The van der Waals surface area contributed by atoms with Gasteiger partial charge in [-0.3, -0.25) is 9.69 Å². The number of hydrogen-bond acceptors (Lipinski definition) is 4. The third-order valence-electron chi connectivity index (χ3n) is 4.48. The lowest BCUT2D eigenvalue weighted by Gasteiger charge is -2.33. The van der Waals surface area contributed by atoms with Gasteiger partial charge in [0.1, 0.15) is 0 Å². The van der Waals surface area contributed by atoms with Gasteiger partial charge in [-0.25, -0.2) is 0 Å². The van der Waals surface area contributed by atoms with Crippen molar-refractivity contribution in [2.24, 2.45) is 5.92 Å². The Morgan fingerprint density at radius 2 is 1.85 bits per heavy atom. The highest BCUT2D eigenvalue weighted by Gasteiger charge is 2.22. The number of amides is 1. The molecule has 20 heavy (non-hydrogen) atoms. The lowest BCUT2D eigenvalue weighted by Crippen LogP contribution is -2.46. The fourth-order valence-corrected chi connectivity index (χ4v) is 4.12. The number of hydrogen-bond donors (Lipinski definition) is 1. The molecule has 0 aromatic carbocycles. The minimum Gasteiger partial charge on any atom is -0.348 e. The summed E-state index contributed by atoms with van der Waals surface area (Å²) in [5.41, 5.74) is 0. The van der Waals surface area contributed by atoms with Crippen LogP contribution in [-0.2, 0) is 4.79 Å². The second-order valence-corrected chi connectivity index (χ2v) is 7.53. The molecule has 0 aliphatic carbocycles. The minimum absolute atomic E-state index is 0.219. The van der Waals surface area contributed by atoms with Crippen molar-refractivity contribution in [1.29, 1.82) is 0 Å². The summed E-state index contributed by atoms with van der Waals surface area (Å²) in [6.45, 7) is 3.89. The van der Waals surface area contributed by atoms with E-state index in [1.807, 2.05) is 14.1 Å². The fraction of sp³-hybridized carbons (Fsp3) is 0.933. The number of nitrogens with one attached hydrogen (secondary N) is 1. The standard InChI is InChI=1S/C15H29N3OS/c1-17(2)15(19)12-18-7-3-14(4-8-18)16-11-13-5-9-20-10-6-13/h13-14,16H,3-12H2,1-2H3. The molecule has 1 amide bonds. The van der Waals surface area contributed by atoms with E-state index in [1.165, 1.54) is 43.7 Å². The fourth-order valence-electron chi connectivity index (χ4n) is 2.91. The van der Waals surface area contributed by atoms with E-state index >= 15 is 0 Å². The molecule has 0 aromatic rings. The van der Waals surface area contributed by atoms with Crippen molar-refractivity contribution in [2.75, 3.05) is 51.8 Å². The maximum Gasteiger partial charge on any atom is 0.236 e. The average Bonchev–Trinajstić information content (AvgIpc) is 2.47. The molecule has 0 atom stereocenters. The second kappa shape index (κ2) is 8.25. The molecular formula is C15H29N3OS. The molecule has 0 unspecified atom stereocenters. The summed E-state index contributed by atoms with van der Waals surface area (Å²) in [6, 6.07) is 0.662. The highest BCUT2D eigenvalue weighted by atomic mass is 32.2. The lowest BCUT2D eigenvalue weighted by molar-refractivity contribution is -0.130. The van der Waals surface area contributed by atoms with Crippen LogP contribution in [0, 0.1) is 5.92 Å². The maximum absolute atomic E-state index is 11.7. The Morgan fingerprint density at radius 1 is 1.20 bits per heavy atom. The van der Waals surface area contributed by atoms with Crippen LogP contribution in [0.3, 0.4) is 0 Å².